The molecule has 0 spiro atoms. The standard InChI is InChI=1S/C17H24N4O2S/c1-12(2)16(23)21-10-8-20(9-11-21)15-6-4-14(5-7-15)19-17(24)18-13(3)22/h4-7,12H,8-11H2,1-3H3,(H2,18,19,22,24). The molecule has 130 valence electrons. The number of carbonyl (C=O) groups is 2. The molecule has 0 bridgehead atoms. The highest BCUT2D eigenvalue weighted by Gasteiger charge is 2.22. The lowest BCUT2D eigenvalue weighted by molar-refractivity contribution is -0.134. The highest BCUT2D eigenvalue weighted by molar-refractivity contribution is 7.80. The summed E-state index contributed by atoms with van der Waals surface area (Å²) < 4.78 is 0. The van der Waals surface area contributed by atoms with Crippen LogP contribution in [0.25, 0.3) is 0 Å². The van der Waals surface area contributed by atoms with Crippen molar-refractivity contribution in [2.75, 3.05) is 36.4 Å². The van der Waals surface area contributed by atoms with E-state index in [0.717, 1.165) is 37.6 Å². The quantitative estimate of drug-likeness (QED) is 0.816. The zero-order valence-electron chi connectivity index (χ0n) is 14.3. The number of carbonyl (C=O) groups excluding carboxylic acids is 2. The number of nitrogens with one attached hydrogen (secondary N) is 2. The lowest BCUT2D eigenvalue weighted by Crippen LogP contribution is -2.49. The molecular formula is C17H24N4O2S. The van der Waals surface area contributed by atoms with Crippen LogP contribution >= 0.6 is 12.2 Å². The molecule has 2 rings (SSSR count). The molecule has 1 heterocycles. The maximum Gasteiger partial charge on any atom is 0.225 e. The molecule has 1 aromatic carbocycles. The van der Waals surface area contributed by atoms with Gasteiger partial charge in [-0.1, -0.05) is 13.8 Å². The zero-order chi connectivity index (χ0) is 17.7. The molecule has 0 saturated carbocycles. The van der Waals surface area contributed by atoms with Crippen LogP contribution in [-0.4, -0.2) is 48.0 Å². The number of anilines is 2. The Morgan fingerprint density at radius 2 is 1.67 bits per heavy atom. The van der Waals surface area contributed by atoms with Gasteiger partial charge in [0.25, 0.3) is 0 Å². The third kappa shape index (κ3) is 4.92. The molecule has 6 nitrogen and oxygen atoms in total. The second-order valence-corrected chi connectivity index (χ2v) is 6.56. The molecule has 1 saturated heterocycles. The first-order chi connectivity index (χ1) is 11.4. The molecule has 0 atom stereocenters. The summed E-state index contributed by atoms with van der Waals surface area (Å²) in [5.74, 6) is 0.0768. The van der Waals surface area contributed by atoms with Crippen LogP contribution in [0.4, 0.5) is 11.4 Å². The smallest absolute Gasteiger partial charge is 0.225 e. The number of hydrogen-bond donors (Lipinski definition) is 2. The van der Waals surface area contributed by atoms with E-state index in [0.29, 0.717) is 0 Å². The van der Waals surface area contributed by atoms with Gasteiger partial charge in [-0.3, -0.25) is 9.59 Å². The van der Waals surface area contributed by atoms with Gasteiger partial charge in [0.2, 0.25) is 11.8 Å². The fourth-order valence-electron chi connectivity index (χ4n) is 2.63. The Morgan fingerprint density at radius 1 is 1.08 bits per heavy atom. The second kappa shape index (κ2) is 8.10. The van der Waals surface area contributed by atoms with Crippen LogP contribution in [0.3, 0.4) is 0 Å². The van der Waals surface area contributed by atoms with Gasteiger partial charge in [0.1, 0.15) is 0 Å². The fourth-order valence-corrected chi connectivity index (χ4v) is 2.89. The van der Waals surface area contributed by atoms with Crippen molar-refractivity contribution < 1.29 is 9.59 Å². The van der Waals surface area contributed by atoms with Crippen LogP contribution < -0.4 is 15.5 Å². The van der Waals surface area contributed by atoms with Gasteiger partial charge >= 0.3 is 0 Å². The molecule has 2 amide bonds. The Kier molecular flexibility index (Phi) is 6.14. The minimum Gasteiger partial charge on any atom is -0.368 e. The van der Waals surface area contributed by atoms with E-state index < -0.39 is 0 Å². The Labute approximate surface area is 148 Å². The maximum absolute atomic E-state index is 12.0. The molecule has 0 radical (unpaired) electrons. The maximum atomic E-state index is 12.0. The van der Waals surface area contributed by atoms with Crippen molar-refractivity contribution in [1.29, 1.82) is 0 Å². The van der Waals surface area contributed by atoms with Crippen LogP contribution in [0.1, 0.15) is 20.8 Å². The van der Waals surface area contributed by atoms with Gasteiger partial charge in [0.05, 0.1) is 0 Å². The molecule has 24 heavy (non-hydrogen) atoms. The summed E-state index contributed by atoms with van der Waals surface area (Å²) >= 11 is 5.04. The topological polar surface area (TPSA) is 64.7 Å². The number of rotatable bonds is 3. The first-order valence-corrected chi connectivity index (χ1v) is 8.50. The lowest BCUT2D eigenvalue weighted by atomic mass is 10.1. The molecule has 1 aliphatic rings. The molecule has 1 aromatic rings. The predicted molar refractivity (Wildman–Crippen MR) is 100 cm³/mol. The van der Waals surface area contributed by atoms with Crippen molar-refractivity contribution in [3.63, 3.8) is 0 Å². The van der Waals surface area contributed by atoms with E-state index in [9.17, 15) is 9.59 Å². The number of piperazine rings is 1. The molecular weight excluding hydrogens is 324 g/mol. The average Bonchev–Trinajstić information content (AvgIpc) is 2.54. The van der Waals surface area contributed by atoms with Gasteiger partial charge in [0, 0.05) is 50.4 Å². The van der Waals surface area contributed by atoms with Crippen molar-refractivity contribution in [1.82, 2.24) is 10.2 Å². The minimum absolute atomic E-state index is 0.0503. The first kappa shape index (κ1) is 18.2. The average molecular weight is 348 g/mol. The van der Waals surface area contributed by atoms with Gasteiger partial charge < -0.3 is 20.4 Å². The lowest BCUT2D eigenvalue weighted by Gasteiger charge is -2.37. The van der Waals surface area contributed by atoms with Gasteiger partial charge in [-0.2, -0.15) is 0 Å². The molecule has 0 aliphatic carbocycles. The SMILES string of the molecule is CC(=O)NC(=S)Nc1ccc(N2CCN(C(=O)C(C)C)CC2)cc1. The van der Waals surface area contributed by atoms with E-state index in [1.165, 1.54) is 6.92 Å². The summed E-state index contributed by atoms with van der Waals surface area (Å²) in [6.45, 7) is 8.46. The summed E-state index contributed by atoms with van der Waals surface area (Å²) in [5.41, 5.74) is 1.94. The van der Waals surface area contributed by atoms with Crippen molar-refractivity contribution in [3.8, 4) is 0 Å². The molecule has 1 fully saturated rings. The highest BCUT2D eigenvalue weighted by atomic mass is 32.1. The Morgan fingerprint density at radius 3 is 2.17 bits per heavy atom. The van der Waals surface area contributed by atoms with Crippen molar-refractivity contribution >= 4 is 40.5 Å². The van der Waals surface area contributed by atoms with Crippen molar-refractivity contribution in [2.45, 2.75) is 20.8 Å². The van der Waals surface area contributed by atoms with E-state index in [1.54, 1.807) is 0 Å². The third-order valence-electron chi connectivity index (χ3n) is 3.87. The largest absolute Gasteiger partial charge is 0.368 e. The number of amides is 2. The fraction of sp³-hybridized carbons (Fsp3) is 0.471. The van der Waals surface area contributed by atoms with Crippen LogP contribution in [-0.2, 0) is 9.59 Å². The Hall–Kier alpha value is -2.15. The third-order valence-corrected chi connectivity index (χ3v) is 4.07. The summed E-state index contributed by atoms with van der Waals surface area (Å²) in [6, 6.07) is 7.88. The monoisotopic (exact) mass is 348 g/mol. The Balaban J connectivity index is 1.89. The molecule has 2 N–H and O–H groups in total. The number of thiocarbonyl (C=S) groups is 1. The normalized spacial score (nSPS) is 14.5. The van der Waals surface area contributed by atoms with Crippen LogP contribution in [0.15, 0.2) is 24.3 Å². The number of hydrogen-bond acceptors (Lipinski definition) is 4. The molecule has 7 heteroatoms. The van der Waals surface area contributed by atoms with Gasteiger partial charge in [-0.25, -0.2) is 0 Å². The van der Waals surface area contributed by atoms with Crippen molar-refractivity contribution in [2.24, 2.45) is 5.92 Å². The van der Waals surface area contributed by atoms with Gasteiger partial charge in [-0.05, 0) is 36.5 Å². The van der Waals surface area contributed by atoms with Crippen LogP contribution in [0, 0.1) is 5.92 Å². The van der Waals surface area contributed by atoms with E-state index in [-0.39, 0.29) is 22.8 Å². The van der Waals surface area contributed by atoms with E-state index in [1.807, 2.05) is 43.0 Å². The number of nitrogens with zero attached hydrogens (tertiary/aromatic N) is 2. The number of benzene rings is 1. The highest BCUT2D eigenvalue weighted by Crippen LogP contribution is 2.20. The predicted octanol–water partition coefficient (Wildman–Crippen LogP) is 1.82. The molecule has 1 aliphatic heterocycles. The van der Waals surface area contributed by atoms with Gasteiger partial charge in [0.15, 0.2) is 5.11 Å². The summed E-state index contributed by atoms with van der Waals surface area (Å²) in [5, 5.41) is 5.78. The van der Waals surface area contributed by atoms with E-state index >= 15 is 0 Å². The van der Waals surface area contributed by atoms with Gasteiger partial charge in [-0.15, -0.1) is 0 Å². The Bertz CT molecular complexity index is 608. The van der Waals surface area contributed by atoms with E-state index in [4.69, 9.17) is 12.2 Å². The molecule has 0 unspecified atom stereocenters. The molecule has 0 aromatic heterocycles. The van der Waals surface area contributed by atoms with Crippen LogP contribution in [0.2, 0.25) is 0 Å². The van der Waals surface area contributed by atoms with Crippen molar-refractivity contribution in [3.05, 3.63) is 24.3 Å². The zero-order valence-corrected chi connectivity index (χ0v) is 15.2. The summed E-state index contributed by atoms with van der Waals surface area (Å²) in [7, 11) is 0. The second-order valence-electron chi connectivity index (χ2n) is 6.15. The minimum atomic E-state index is -0.196. The summed E-state index contributed by atoms with van der Waals surface area (Å²) in [6.07, 6.45) is 0. The summed E-state index contributed by atoms with van der Waals surface area (Å²) in [4.78, 5) is 27.2. The van der Waals surface area contributed by atoms with Crippen LogP contribution in [0.5, 0.6) is 0 Å². The first-order valence-electron chi connectivity index (χ1n) is 8.09. The van der Waals surface area contributed by atoms with E-state index in [2.05, 4.69) is 15.5 Å².